The largest absolute Gasteiger partial charge is 0.389 e. The number of rotatable bonds is 5. The maximum absolute atomic E-state index is 12.9. The molecular weight excluding hydrogens is 374 g/mol. The number of amides is 1. The van der Waals surface area contributed by atoms with Crippen LogP contribution in [0.4, 0.5) is 5.69 Å². The van der Waals surface area contributed by atoms with E-state index in [1.165, 1.54) is 11.3 Å². The maximum atomic E-state index is 12.9. The van der Waals surface area contributed by atoms with Crippen molar-refractivity contribution in [2.75, 3.05) is 37.6 Å². The molecular formula is C25H39N3O2. The van der Waals surface area contributed by atoms with Crippen LogP contribution in [0.2, 0.25) is 0 Å². The minimum Gasteiger partial charge on any atom is -0.389 e. The van der Waals surface area contributed by atoms with E-state index in [-0.39, 0.29) is 17.7 Å². The predicted molar refractivity (Wildman–Crippen MR) is 122 cm³/mol. The molecule has 2 atom stereocenters. The second-order valence-corrected chi connectivity index (χ2v) is 10.7. The van der Waals surface area contributed by atoms with E-state index in [1.807, 2.05) is 4.90 Å². The first-order valence-corrected chi connectivity index (χ1v) is 11.7. The normalized spacial score (nSPS) is 31.0. The third-order valence-corrected chi connectivity index (χ3v) is 7.71. The van der Waals surface area contributed by atoms with Crippen molar-refractivity contribution in [3.05, 3.63) is 29.8 Å². The third-order valence-electron chi connectivity index (χ3n) is 7.71. The summed E-state index contributed by atoms with van der Waals surface area (Å²) in [5.74, 6) is 0.690. The average molecular weight is 414 g/mol. The highest BCUT2D eigenvalue weighted by Crippen LogP contribution is 2.43. The van der Waals surface area contributed by atoms with Crippen LogP contribution in [0, 0.1) is 5.41 Å². The van der Waals surface area contributed by atoms with Gasteiger partial charge in [0.25, 0.3) is 0 Å². The molecule has 1 aromatic carbocycles. The van der Waals surface area contributed by atoms with Gasteiger partial charge in [0.2, 0.25) is 5.91 Å². The monoisotopic (exact) mass is 413 g/mol. The Morgan fingerprint density at radius 2 is 1.63 bits per heavy atom. The van der Waals surface area contributed by atoms with Gasteiger partial charge in [0.15, 0.2) is 0 Å². The Kier molecular flexibility index (Phi) is 5.65. The van der Waals surface area contributed by atoms with E-state index >= 15 is 0 Å². The topological polar surface area (TPSA) is 47.0 Å². The number of carbonyl (C=O) groups is 1. The molecule has 0 bridgehead atoms. The van der Waals surface area contributed by atoms with Gasteiger partial charge in [-0.3, -0.25) is 9.69 Å². The molecule has 3 saturated heterocycles. The zero-order valence-electron chi connectivity index (χ0n) is 19.4. The van der Waals surface area contributed by atoms with Crippen molar-refractivity contribution in [3.8, 4) is 0 Å². The minimum absolute atomic E-state index is 0.132. The number of piperidine rings is 1. The van der Waals surface area contributed by atoms with Crippen molar-refractivity contribution in [1.29, 1.82) is 0 Å². The molecule has 3 heterocycles. The Hall–Kier alpha value is -1.59. The summed E-state index contributed by atoms with van der Waals surface area (Å²) in [6.45, 7) is 15.7. The molecule has 0 aromatic heterocycles. The van der Waals surface area contributed by atoms with Crippen LogP contribution in [-0.2, 0) is 4.79 Å². The molecule has 1 N–H and O–H groups in total. The minimum atomic E-state index is -0.853. The van der Waals surface area contributed by atoms with Gasteiger partial charge in [-0.2, -0.15) is 0 Å². The van der Waals surface area contributed by atoms with E-state index in [2.05, 4.69) is 68.7 Å². The Labute approximate surface area is 182 Å². The summed E-state index contributed by atoms with van der Waals surface area (Å²) in [6.07, 6.45) is 1.65. The summed E-state index contributed by atoms with van der Waals surface area (Å²) in [4.78, 5) is 19.7. The van der Waals surface area contributed by atoms with Gasteiger partial charge in [-0.1, -0.05) is 32.9 Å². The first-order chi connectivity index (χ1) is 14.1. The summed E-state index contributed by atoms with van der Waals surface area (Å²) in [7, 11) is 0. The van der Waals surface area contributed by atoms with E-state index < -0.39 is 5.60 Å². The number of hydrogen-bond donors (Lipinski definition) is 1. The van der Waals surface area contributed by atoms with Crippen LogP contribution in [0.1, 0.15) is 65.4 Å². The summed E-state index contributed by atoms with van der Waals surface area (Å²) in [5.41, 5.74) is 2.07. The van der Waals surface area contributed by atoms with Crippen molar-refractivity contribution >= 4 is 11.6 Å². The summed E-state index contributed by atoms with van der Waals surface area (Å²) in [6, 6.07) is 9.56. The zero-order chi connectivity index (χ0) is 21.7. The Morgan fingerprint density at radius 3 is 2.13 bits per heavy atom. The number of carbonyl (C=O) groups excluding carboxylic acids is 1. The van der Waals surface area contributed by atoms with Crippen LogP contribution >= 0.6 is 0 Å². The molecule has 4 rings (SSSR count). The standard InChI is InChI=1S/C25H39N3O2/c1-6-28-19(4)11-25(30,12-20(28)5)13-23(29)27-16-24(17-27)14-26(15-24)22-9-7-21(8-10-22)18(2)3/h7-10,18-20,30H,6,11-17H2,1-5H3. The molecule has 3 aliphatic heterocycles. The lowest BCUT2D eigenvalue weighted by Crippen LogP contribution is -2.73. The van der Waals surface area contributed by atoms with Gasteiger partial charge in [-0.05, 0) is 56.8 Å². The molecule has 0 aliphatic carbocycles. The number of benzene rings is 1. The van der Waals surface area contributed by atoms with Crippen LogP contribution in [0.25, 0.3) is 0 Å². The van der Waals surface area contributed by atoms with E-state index in [1.54, 1.807) is 0 Å². The van der Waals surface area contributed by atoms with Crippen LogP contribution < -0.4 is 4.90 Å². The van der Waals surface area contributed by atoms with Crippen LogP contribution in [-0.4, -0.2) is 71.2 Å². The molecule has 0 radical (unpaired) electrons. The fourth-order valence-electron chi connectivity index (χ4n) is 6.17. The summed E-state index contributed by atoms with van der Waals surface area (Å²) < 4.78 is 0. The molecule has 1 aromatic rings. The van der Waals surface area contributed by atoms with E-state index in [4.69, 9.17) is 0 Å². The Balaban J connectivity index is 1.26. The average Bonchev–Trinajstić information content (AvgIpc) is 2.58. The van der Waals surface area contributed by atoms with E-state index in [9.17, 15) is 9.90 Å². The highest BCUT2D eigenvalue weighted by molar-refractivity contribution is 5.78. The summed E-state index contributed by atoms with van der Waals surface area (Å²) >= 11 is 0. The first-order valence-electron chi connectivity index (χ1n) is 11.7. The molecule has 0 saturated carbocycles. The lowest BCUT2D eigenvalue weighted by Gasteiger charge is -2.61. The first kappa shape index (κ1) is 21.6. The van der Waals surface area contributed by atoms with Gasteiger partial charge in [-0.15, -0.1) is 0 Å². The number of likely N-dealkylation sites (tertiary alicyclic amines) is 2. The van der Waals surface area contributed by atoms with Crippen LogP contribution in [0.5, 0.6) is 0 Å². The van der Waals surface area contributed by atoms with E-state index in [0.29, 0.717) is 30.8 Å². The third kappa shape index (κ3) is 3.99. The quantitative estimate of drug-likeness (QED) is 0.803. The van der Waals surface area contributed by atoms with Crippen molar-refractivity contribution in [2.45, 2.75) is 77.5 Å². The SMILES string of the molecule is CCN1C(C)CC(O)(CC(=O)N2CC3(C2)CN(c2ccc(C(C)C)cc2)C3)CC1C. The Bertz CT molecular complexity index is 749. The fraction of sp³-hybridized carbons (Fsp3) is 0.720. The lowest BCUT2D eigenvalue weighted by molar-refractivity contribution is -0.154. The highest BCUT2D eigenvalue weighted by atomic mass is 16.3. The molecule has 1 spiro atoms. The van der Waals surface area contributed by atoms with Gasteiger partial charge in [0.05, 0.1) is 12.0 Å². The Morgan fingerprint density at radius 1 is 1.07 bits per heavy atom. The van der Waals surface area contributed by atoms with Crippen molar-refractivity contribution < 1.29 is 9.90 Å². The van der Waals surface area contributed by atoms with Crippen molar-refractivity contribution in [3.63, 3.8) is 0 Å². The maximum Gasteiger partial charge on any atom is 0.225 e. The molecule has 3 aliphatic rings. The number of aliphatic hydroxyl groups is 1. The molecule has 2 unspecified atom stereocenters. The lowest BCUT2D eigenvalue weighted by atomic mass is 9.72. The number of hydrogen-bond acceptors (Lipinski definition) is 4. The molecule has 166 valence electrons. The molecule has 30 heavy (non-hydrogen) atoms. The van der Waals surface area contributed by atoms with Crippen LogP contribution in [0.15, 0.2) is 24.3 Å². The summed E-state index contributed by atoms with van der Waals surface area (Å²) in [5, 5.41) is 11.1. The highest BCUT2D eigenvalue weighted by Gasteiger charge is 2.54. The molecule has 3 fully saturated rings. The van der Waals surface area contributed by atoms with Gasteiger partial charge >= 0.3 is 0 Å². The second kappa shape index (κ2) is 7.83. The second-order valence-electron chi connectivity index (χ2n) is 10.7. The van der Waals surface area contributed by atoms with Gasteiger partial charge in [0.1, 0.15) is 0 Å². The molecule has 5 heteroatoms. The zero-order valence-corrected chi connectivity index (χ0v) is 19.4. The smallest absolute Gasteiger partial charge is 0.225 e. The van der Waals surface area contributed by atoms with Gasteiger partial charge < -0.3 is 14.9 Å². The number of nitrogens with zero attached hydrogens (tertiary/aromatic N) is 3. The van der Waals surface area contributed by atoms with Crippen molar-refractivity contribution in [2.24, 2.45) is 5.41 Å². The molecule has 1 amide bonds. The van der Waals surface area contributed by atoms with Gasteiger partial charge in [-0.25, -0.2) is 0 Å². The van der Waals surface area contributed by atoms with Crippen molar-refractivity contribution in [1.82, 2.24) is 9.80 Å². The van der Waals surface area contributed by atoms with Gasteiger partial charge in [0, 0.05) is 49.4 Å². The molecule has 5 nitrogen and oxygen atoms in total. The fourth-order valence-corrected chi connectivity index (χ4v) is 6.17. The number of anilines is 1. The predicted octanol–water partition coefficient (Wildman–Crippen LogP) is 3.47. The van der Waals surface area contributed by atoms with Crippen LogP contribution in [0.3, 0.4) is 0 Å². The van der Waals surface area contributed by atoms with E-state index in [0.717, 1.165) is 32.7 Å².